The number of piperazine rings is 1. The first-order chi connectivity index (χ1) is 12.6. The van der Waals surface area contributed by atoms with E-state index in [0.717, 1.165) is 25.2 Å². The fourth-order valence-corrected chi connectivity index (χ4v) is 3.22. The van der Waals surface area contributed by atoms with Gasteiger partial charge in [0.05, 0.1) is 0 Å². The van der Waals surface area contributed by atoms with E-state index < -0.39 is 0 Å². The van der Waals surface area contributed by atoms with Gasteiger partial charge in [-0.2, -0.15) is 4.98 Å². The van der Waals surface area contributed by atoms with Crippen LogP contribution in [0.25, 0.3) is 0 Å². The van der Waals surface area contributed by atoms with E-state index in [4.69, 9.17) is 9.05 Å². The fourth-order valence-electron chi connectivity index (χ4n) is 3.22. The quantitative estimate of drug-likeness (QED) is 0.893. The summed E-state index contributed by atoms with van der Waals surface area (Å²) in [6, 6.07) is -0.255. The van der Waals surface area contributed by atoms with Gasteiger partial charge in [-0.3, -0.25) is 4.90 Å². The Morgan fingerprint density at radius 2 is 2.08 bits per heavy atom. The molecule has 1 unspecified atom stereocenters. The molecule has 9 heteroatoms. The summed E-state index contributed by atoms with van der Waals surface area (Å²) in [7, 11) is 2.01. The minimum atomic E-state index is -0.161. The van der Waals surface area contributed by atoms with Crippen LogP contribution in [0.2, 0.25) is 0 Å². The van der Waals surface area contributed by atoms with Crippen molar-refractivity contribution in [3.63, 3.8) is 0 Å². The Labute approximate surface area is 151 Å². The normalized spacial score (nSPS) is 21.2. The molecule has 1 aliphatic carbocycles. The van der Waals surface area contributed by atoms with Gasteiger partial charge in [-0.05, 0) is 26.8 Å². The lowest BCUT2D eigenvalue weighted by atomic mass is 10.2. The molecule has 0 spiro atoms. The summed E-state index contributed by atoms with van der Waals surface area (Å²) < 4.78 is 10.7. The number of aryl methyl sites for hydroxylation is 2. The first kappa shape index (κ1) is 17.0. The largest absolute Gasteiger partial charge is 0.359 e. The molecule has 0 radical (unpaired) electrons. The molecule has 9 nitrogen and oxygen atoms in total. The monoisotopic (exact) mass is 360 g/mol. The Morgan fingerprint density at radius 1 is 1.27 bits per heavy atom. The number of hydrogen-bond donors (Lipinski definition) is 1. The van der Waals surface area contributed by atoms with Gasteiger partial charge in [0.1, 0.15) is 17.4 Å². The maximum Gasteiger partial charge on any atom is 0.322 e. The molecule has 140 valence electrons. The molecule has 2 amide bonds. The fraction of sp³-hybridized carbons (Fsp3) is 0.647. The molecule has 4 rings (SSSR count). The number of anilines is 1. The number of amides is 2. The zero-order valence-corrected chi connectivity index (χ0v) is 15.4. The van der Waals surface area contributed by atoms with Crippen molar-refractivity contribution in [2.75, 3.05) is 32.0 Å². The molecule has 26 heavy (non-hydrogen) atoms. The van der Waals surface area contributed by atoms with E-state index >= 15 is 0 Å². The average molecular weight is 360 g/mol. The highest BCUT2D eigenvalue weighted by molar-refractivity contribution is 5.90. The maximum absolute atomic E-state index is 12.8. The molecule has 2 aromatic heterocycles. The van der Waals surface area contributed by atoms with Gasteiger partial charge < -0.3 is 19.3 Å². The summed E-state index contributed by atoms with van der Waals surface area (Å²) in [4.78, 5) is 21.2. The van der Waals surface area contributed by atoms with Crippen LogP contribution in [-0.4, -0.2) is 57.8 Å². The van der Waals surface area contributed by atoms with E-state index in [0.29, 0.717) is 48.5 Å². The molecule has 1 saturated carbocycles. The molecular formula is C17H24N6O3. The first-order valence-electron chi connectivity index (χ1n) is 9.11. The predicted molar refractivity (Wildman–Crippen MR) is 92.9 cm³/mol. The standard InChI is InChI=1S/C17H24N6O3/c1-4-13-14(10(2)20-25-13)18-17(24)23-8-7-22(3)12(9-23)16-19-15(21-26-16)11-5-6-11/h11-12H,4-9H2,1-3H3,(H,18,24). The molecule has 2 fully saturated rings. The molecule has 2 aliphatic rings. The van der Waals surface area contributed by atoms with Crippen molar-refractivity contribution in [2.45, 2.75) is 45.1 Å². The lowest BCUT2D eigenvalue weighted by Gasteiger charge is -2.37. The number of likely N-dealkylation sites (N-methyl/N-ethyl adjacent to an activating group) is 1. The lowest BCUT2D eigenvalue weighted by molar-refractivity contribution is 0.0960. The molecule has 1 saturated heterocycles. The minimum Gasteiger partial charge on any atom is -0.359 e. The van der Waals surface area contributed by atoms with Gasteiger partial charge in [0.15, 0.2) is 11.6 Å². The van der Waals surface area contributed by atoms with Crippen LogP contribution in [-0.2, 0) is 6.42 Å². The van der Waals surface area contributed by atoms with E-state index in [1.807, 2.05) is 20.9 Å². The van der Waals surface area contributed by atoms with Gasteiger partial charge in [0.2, 0.25) is 5.89 Å². The van der Waals surface area contributed by atoms with Gasteiger partial charge in [0.25, 0.3) is 0 Å². The van der Waals surface area contributed by atoms with E-state index in [1.54, 1.807) is 4.90 Å². The Kier molecular flexibility index (Phi) is 4.39. The number of carbonyl (C=O) groups excluding carboxylic acids is 1. The maximum atomic E-state index is 12.8. The van der Waals surface area contributed by atoms with Crippen LogP contribution in [0.15, 0.2) is 9.05 Å². The van der Waals surface area contributed by atoms with E-state index in [-0.39, 0.29) is 12.1 Å². The Hall–Kier alpha value is -2.42. The van der Waals surface area contributed by atoms with Crippen molar-refractivity contribution < 1.29 is 13.8 Å². The number of rotatable bonds is 4. The second-order valence-electron chi connectivity index (χ2n) is 7.06. The smallest absolute Gasteiger partial charge is 0.322 e. The Morgan fingerprint density at radius 3 is 2.81 bits per heavy atom. The van der Waals surface area contributed by atoms with Gasteiger partial charge in [-0.1, -0.05) is 17.2 Å². The van der Waals surface area contributed by atoms with Crippen LogP contribution in [0, 0.1) is 6.92 Å². The van der Waals surface area contributed by atoms with E-state index in [9.17, 15) is 4.79 Å². The highest BCUT2D eigenvalue weighted by Gasteiger charge is 2.35. The van der Waals surface area contributed by atoms with Crippen LogP contribution in [0.3, 0.4) is 0 Å². The molecule has 3 heterocycles. The zero-order valence-electron chi connectivity index (χ0n) is 15.4. The second kappa shape index (κ2) is 6.71. The number of aromatic nitrogens is 3. The van der Waals surface area contributed by atoms with Gasteiger partial charge in [-0.25, -0.2) is 4.79 Å². The summed E-state index contributed by atoms with van der Waals surface area (Å²) in [6.45, 7) is 5.66. The second-order valence-corrected chi connectivity index (χ2v) is 7.06. The minimum absolute atomic E-state index is 0.0938. The number of carbonyl (C=O) groups is 1. The molecule has 1 atom stereocenters. The summed E-state index contributed by atoms with van der Waals surface area (Å²) >= 11 is 0. The van der Waals surface area contributed by atoms with Crippen LogP contribution >= 0.6 is 0 Å². The third kappa shape index (κ3) is 3.18. The SMILES string of the molecule is CCc1onc(C)c1NC(=O)N1CCN(C)C(c2nc(C3CC3)no2)C1. The highest BCUT2D eigenvalue weighted by atomic mass is 16.5. The molecular weight excluding hydrogens is 336 g/mol. The summed E-state index contributed by atoms with van der Waals surface area (Å²) in [5.74, 6) is 2.52. The highest BCUT2D eigenvalue weighted by Crippen LogP contribution is 2.38. The summed E-state index contributed by atoms with van der Waals surface area (Å²) in [6.07, 6.45) is 2.94. The van der Waals surface area contributed by atoms with Crippen molar-refractivity contribution in [3.8, 4) is 0 Å². The van der Waals surface area contributed by atoms with Crippen LogP contribution in [0.1, 0.15) is 54.9 Å². The summed E-state index contributed by atoms with van der Waals surface area (Å²) in [5.41, 5.74) is 1.36. The van der Waals surface area contributed by atoms with Gasteiger partial charge in [0, 0.05) is 32.0 Å². The third-order valence-electron chi connectivity index (χ3n) is 5.11. The van der Waals surface area contributed by atoms with Crippen LogP contribution < -0.4 is 5.32 Å². The summed E-state index contributed by atoms with van der Waals surface area (Å²) in [5, 5.41) is 11.0. The topological polar surface area (TPSA) is 101 Å². The van der Waals surface area contributed by atoms with Crippen LogP contribution in [0.5, 0.6) is 0 Å². The number of nitrogens with zero attached hydrogens (tertiary/aromatic N) is 5. The van der Waals surface area contributed by atoms with Gasteiger partial charge in [-0.15, -0.1) is 0 Å². The van der Waals surface area contributed by atoms with Gasteiger partial charge >= 0.3 is 6.03 Å². The lowest BCUT2D eigenvalue weighted by Crippen LogP contribution is -2.50. The van der Waals surface area contributed by atoms with Crippen LogP contribution in [0.4, 0.5) is 10.5 Å². The predicted octanol–water partition coefficient (Wildman–Crippen LogP) is 2.33. The zero-order chi connectivity index (χ0) is 18.3. The van der Waals surface area contributed by atoms with E-state index in [2.05, 4.69) is 25.5 Å². The molecule has 1 aliphatic heterocycles. The first-order valence-corrected chi connectivity index (χ1v) is 9.11. The van der Waals surface area contributed by atoms with Crippen molar-refractivity contribution in [2.24, 2.45) is 0 Å². The molecule has 0 bridgehead atoms. The van der Waals surface area contributed by atoms with Crippen molar-refractivity contribution in [3.05, 3.63) is 23.2 Å². The third-order valence-corrected chi connectivity index (χ3v) is 5.11. The number of urea groups is 1. The molecule has 2 aromatic rings. The Bertz CT molecular complexity index is 796. The molecule has 0 aromatic carbocycles. The number of hydrogen-bond acceptors (Lipinski definition) is 7. The van der Waals surface area contributed by atoms with Crippen molar-refractivity contribution >= 4 is 11.7 Å². The number of nitrogens with one attached hydrogen (secondary N) is 1. The Balaban J connectivity index is 1.46. The van der Waals surface area contributed by atoms with Crippen molar-refractivity contribution in [1.29, 1.82) is 0 Å². The van der Waals surface area contributed by atoms with Crippen molar-refractivity contribution in [1.82, 2.24) is 25.1 Å². The van der Waals surface area contributed by atoms with E-state index in [1.165, 1.54) is 0 Å². The molecule has 1 N–H and O–H groups in total. The average Bonchev–Trinajstić information content (AvgIpc) is 3.27.